The number of carbonyl (C=O) groups excluding carboxylic acids is 2. The van der Waals surface area contributed by atoms with Gasteiger partial charge in [0.25, 0.3) is 11.8 Å². The molecule has 0 radical (unpaired) electrons. The first-order valence-corrected chi connectivity index (χ1v) is 13.2. The number of hydrogen-bond acceptors (Lipinski definition) is 7. The smallest absolute Gasteiger partial charge is 0.254 e. The second kappa shape index (κ2) is 13.9. The first kappa shape index (κ1) is 29.1. The summed E-state index contributed by atoms with van der Waals surface area (Å²) in [5.74, 6) is 2.19. The van der Waals surface area contributed by atoms with Crippen molar-refractivity contribution in [2.45, 2.75) is 12.8 Å². The Labute approximate surface area is 240 Å². The number of amides is 2. The zero-order chi connectivity index (χ0) is 29.2. The van der Waals surface area contributed by atoms with E-state index in [4.69, 9.17) is 14.2 Å². The van der Waals surface area contributed by atoms with Crippen LogP contribution in [0.3, 0.4) is 0 Å². The van der Waals surface area contributed by atoms with Crippen molar-refractivity contribution < 1.29 is 23.8 Å². The van der Waals surface area contributed by atoms with Crippen LogP contribution in [0.1, 0.15) is 31.8 Å². The van der Waals surface area contributed by atoms with Gasteiger partial charge in [0.1, 0.15) is 5.75 Å². The van der Waals surface area contributed by atoms with Crippen molar-refractivity contribution in [3.63, 3.8) is 0 Å². The van der Waals surface area contributed by atoms with E-state index < -0.39 is 0 Å². The first-order valence-electron chi connectivity index (χ1n) is 13.2. The van der Waals surface area contributed by atoms with Crippen molar-refractivity contribution in [2.24, 2.45) is 0 Å². The van der Waals surface area contributed by atoms with Crippen molar-refractivity contribution in [3.8, 4) is 28.6 Å². The summed E-state index contributed by atoms with van der Waals surface area (Å²) in [6.07, 6.45) is 4.34. The van der Waals surface area contributed by atoms with E-state index in [9.17, 15) is 9.59 Å². The minimum absolute atomic E-state index is 0.111. The summed E-state index contributed by atoms with van der Waals surface area (Å²) >= 11 is 0. The Morgan fingerprint density at radius 3 is 2.17 bits per heavy atom. The lowest BCUT2D eigenvalue weighted by atomic mass is 10.1. The molecule has 9 heteroatoms. The van der Waals surface area contributed by atoms with E-state index in [1.54, 1.807) is 51.5 Å². The van der Waals surface area contributed by atoms with Crippen molar-refractivity contribution in [2.75, 3.05) is 41.5 Å². The molecule has 0 aliphatic rings. The van der Waals surface area contributed by atoms with Gasteiger partial charge in [0.2, 0.25) is 0 Å². The molecule has 0 spiro atoms. The molecule has 1 N–H and O–H groups in total. The van der Waals surface area contributed by atoms with Crippen molar-refractivity contribution in [1.82, 2.24) is 20.2 Å². The zero-order valence-corrected chi connectivity index (χ0v) is 23.7. The third-order valence-corrected chi connectivity index (χ3v) is 6.67. The number of nitrogens with one attached hydrogen (secondary N) is 1. The minimum Gasteiger partial charge on any atom is -0.497 e. The number of hydrogen-bond donors (Lipinski definition) is 1. The largest absolute Gasteiger partial charge is 0.497 e. The molecule has 0 aliphatic heterocycles. The predicted molar refractivity (Wildman–Crippen MR) is 157 cm³/mol. The summed E-state index contributed by atoms with van der Waals surface area (Å²) in [7, 11) is 6.60. The van der Waals surface area contributed by atoms with Crippen LogP contribution in [-0.4, -0.2) is 68.1 Å². The van der Waals surface area contributed by atoms with Crippen LogP contribution in [0.5, 0.6) is 17.2 Å². The second-order valence-corrected chi connectivity index (χ2v) is 9.40. The lowest BCUT2D eigenvalue weighted by Gasteiger charge is -2.18. The topological polar surface area (TPSA) is 103 Å². The highest BCUT2D eigenvalue weighted by molar-refractivity contribution is 5.95. The summed E-state index contributed by atoms with van der Waals surface area (Å²) in [5, 5.41) is 2.89. The van der Waals surface area contributed by atoms with Gasteiger partial charge in [0.15, 0.2) is 17.3 Å². The third kappa shape index (κ3) is 7.60. The van der Waals surface area contributed by atoms with Crippen LogP contribution >= 0.6 is 0 Å². The molecule has 9 nitrogen and oxygen atoms in total. The number of aromatic nitrogens is 2. The maximum absolute atomic E-state index is 13.1. The van der Waals surface area contributed by atoms with Crippen LogP contribution < -0.4 is 19.5 Å². The SMILES string of the molecule is COc1ccc(CCNC(=O)c2cnc(-c3cccc(C(=O)N(C)CCc4ccc(OC)c(OC)c4)c3)nc2)cc1. The first-order chi connectivity index (χ1) is 19.9. The van der Waals surface area contributed by atoms with Crippen LogP contribution in [0.15, 0.2) is 79.1 Å². The lowest BCUT2D eigenvalue weighted by Crippen LogP contribution is -2.28. The molecule has 0 atom stereocenters. The molecule has 4 aromatic rings. The van der Waals surface area contributed by atoms with E-state index in [0.29, 0.717) is 59.9 Å². The van der Waals surface area contributed by atoms with Gasteiger partial charge in [0, 0.05) is 43.7 Å². The van der Waals surface area contributed by atoms with Crippen LogP contribution in [0.2, 0.25) is 0 Å². The number of carbonyl (C=O) groups is 2. The molecule has 0 saturated carbocycles. The fourth-order valence-electron chi connectivity index (χ4n) is 4.26. The van der Waals surface area contributed by atoms with Gasteiger partial charge in [-0.15, -0.1) is 0 Å². The van der Waals surface area contributed by atoms with Crippen molar-refractivity contribution >= 4 is 11.8 Å². The number of ether oxygens (including phenoxy) is 3. The summed E-state index contributed by atoms with van der Waals surface area (Å²) < 4.78 is 15.8. The van der Waals surface area contributed by atoms with Gasteiger partial charge < -0.3 is 24.4 Å². The number of benzene rings is 3. The van der Waals surface area contributed by atoms with Gasteiger partial charge in [-0.25, -0.2) is 9.97 Å². The van der Waals surface area contributed by atoms with Crippen LogP contribution in [-0.2, 0) is 12.8 Å². The van der Waals surface area contributed by atoms with Gasteiger partial charge in [-0.1, -0.05) is 30.3 Å². The van der Waals surface area contributed by atoms with E-state index in [2.05, 4.69) is 15.3 Å². The second-order valence-electron chi connectivity index (χ2n) is 9.40. The Morgan fingerprint density at radius 2 is 1.49 bits per heavy atom. The van der Waals surface area contributed by atoms with Gasteiger partial charge in [-0.05, 0) is 60.4 Å². The molecule has 0 bridgehead atoms. The van der Waals surface area contributed by atoms with Crippen LogP contribution in [0.4, 0.5) is 0 Å². The zero-order valence-electron chi connectivity index (χ0n) is 23.7. The standard InChI is InChI=1S/C32H34N4O5/c1-36(17-15-23-10-13-28(40-3)29(18-23)41-4)32(38)25-7-5-6-24(19-25)30-34-20-26(21-35-30)31(37)33-16-14-22-8-11-27(39-2)12-9-22/h5-13,18-21H,14-17H2,1-4H3,(H,33,37). The van der Waals surface area contributed by atoms with Gasteiger partial charge in [-0.3, -0.25) is 9.59 Å². The molecule has 41 heavy (non-hydrogen) atoms. The maximum Gasteiger partial charge on any atom is 0.254 e. The van der Waals surface area contributed by atoms with Crippen molar-refractivity contribution in [3.05, 3.63) is 101 Å². The summed E-state index contributed by atoms with van der Waals surface area (Å²) in [6.45, 7) is 1.01. The van der Waals surface area contributed by atoms with Crippen molar-refractivity contribution in [1.29, 1.82) is 0 Å². The Morgan fingerprint density at radius 1 is 0.780 bits per heavy atom. The molecular weight excluding hydrogens is 520 g/mol. The van der Waals surface area contributed by atoms with Gasteiger partial charge in [-0.2, -0.15) is 0 Å². The number of likely N-dealkylation sites (N-methyl/N-ethyl adjacent to an activating group) is 1. The molecular formula is C32H34N4O5. The highest BCUT2D eigenvalue weighted by atomic mass is 16.5. The van der Waals surface area contributed by atoms with Gasteiger partial charge in [0.05, 0.1) is 26.9 Å². The highest BCUT2D eigenvalue weighted by Gasteiger charge is 2.15. The molecule has 3 aromatic carbocycles. The molecule has 0 fully saturated rings. The molecule has 0 aliphatic carbocycles. The molecule has 212 valence electrons. The lowest BCUT2D eigenvalue weighted by molar-refractivity contribution is 0.0796. The van der Waals surface area contributed by atoms with Gasteiger partial charge >= 0.3 is 0 Å². The Hall–Kier alpha value is -4.92. The maximum atomic E-state index is 13.1. The molecule has 2 amide bonds. The molecule has 1 aromatic heterocycles. The minimum atomic E-state index is -0.245. The third-order valence-electron chi connectivity index (χ3n) is 6.67. The normalized spacial score (nSPS) is 10.5. The summed E-state index contributed by atoms with van der Waals surface area (Å²) in [5.41, 5.74) is 3.72. The highest BCUT2D eigenvalue weighted by Crippen LogP contribution is 2.28. The monoisotopic (exact) mass is 554 g/mol. The van der Waals surface area contributed by atoms with Crippen LogP contribution in [0, 0.1) is 0 Å². The average Bonchev–Trinajstić information content (AvgIpc) is 3.03. The average molecular weight is 555 g/mol. The van der Waals surface area contributed by atoms with Crippen LogP contribution in [0.25, 0.3) is 11.4 Å². The van der Waals surface area contributed by atoms with E-state index in [1.807, 2.05) is 48.5 Å². The Balaban J connectivity index is 1.33. The van der Waals surface area contributed by atoms with E-state index in [-0.39, 0.29) is 11.8 Å². The Kier molecular flexibility index (Phi) is 9.88. The number of nitrogens with zero attached hydrogens (tertiary/aromatic N) is 3. The molecule has 1 heterocycles. The number of methoxy groups -OCH3 is 3. The van der Waals surface area contributed by atoms with E-state index in [0.717, 1.165) is 16.9 Å². The molecule has 4 rings (SSSR count). The predicted octanol–water partition coefficient (Wildman–Crippen LogP) is 4.46. The van der Waals surface area contributed by atoms with E-state index in [1.165, 1.54) is 12.4 Å². The molecule has 0 unspecified atom stereocenters. The fraction of sp³-hybridized carbons (Fsp3) is 0.250. The number of rotatable bonds is 12. The summed E-state index contributed by atoms with van der Waals surface area (Å²) in [6, 6.07) is 20.6. The fourth-order valence-corrected chi connectivity index (χ4v) is 4.26. The molecule has 0 saturated heterocycles. The van der Waals surface area contributed by atoms with E-state index >= 15 is 0 Å². The Bertz CT molecular complexity index is 1470. The summed E-state index contributed by atoms with van der Waals surface area (Å²) in [4.78, 5) is 36.1. The quantitative estimate of drug-likeness (QED) is 0.276.